The van der Waals surface area contributed by atoms with Crippen molar-refractivity contribution in [3.05, 3.63) is 27.2 Å². The Hall–Kier alpha value is -1.93. The smallest absolute Gasteiger partial charge is 0.328 e. The molecule has 3 rings (SSSR count). The minimum atomic E-state index is -0.645. The molecule has 1 aliphatic carbocycles. The van der Waals surface area contributed by atoms with Crippen molar-refractivity contribution in [2.24, 2.45) is 5.92 Å². The number of H-pyrrole nitrogens is 2. The molecule has 0 unspecified atom stereocenters. The van der Waals surface area contributed by atoms with Gasteiger partial charge >= 0.3 is 5.69 Å². The maximum absolute atomic E-state index is 12.0. The summed E-state index contributed by atoms with van der Waals surface area (Å²) in [5, 5.41) is 19.0. The summed E-state index contributed by atoms with van der Waals surface area (Å²) in [6, 6.07) is -0.261. The fraction of sp³-hybridized carbons (Fsp3) is 0.545. The van der Waals surface area contributed by atoms with E-state index in [9.17, 15) is 14.7 Å². The van der Waals surface area contributed by atoms with Gasteiger partial charge < -0.3 is 15.2 Å². The molecule has 0 radical (unpaired) electrons. The SMILES string of the molecule is O=c1[nH]cnc2c1[nH]c(=O)n2[C@@H]1C[C@H](CO)[C@@H](O)C1. The van der Waals surface area contributed by atoms with Gasteiger partial charge in [-0.1, -0.05) is 0 Å². The molecule has 2 aromatic rings. The van der Waals surface area contributed by atoms with Crippen molar-refractivity contribution in [2.45, 2.75) is 25.0 Å². The average Bonchev–Trinajstić information content (AvgIpc) is 2.90. The highest BCUT2D eigenvalue weighted by Gasteiger charge is 2.35. The molecule has 19 heavy (non-hydrogen) atoms. The number of nitrogens with zero attached hydrogens (tertiary/aromatic N) is 2. The lowest BCUT2D eigenvalue weighted by molar-refractivity contribution is 0.0906. The van der Waals surface area contributed by atoms with Crippen molar-refractivity contribution in [2.75, 3.05) is 6.61 Å². The van der Waals surface area contributed by atoms with Crippen molar-refractivity contribution >= 4 is 11.2 Å². The average molecular weight is 266 g/mol. The standard InChI is InChI=1S/C11H14N4O4/c16-3-5-1-6(2-7(5)17)15-9-8(14-11(15)19)10(18)13-4-12-9/h4-7,16-17H,1-3H2,(H,14,19)(H,12,13,18)/t5-,6-,7+/m1/s1. The molecule has 0 saturated heterocycles. The number of imidazole rings is 1. The van der Waals surface area contributed by atoms with Gasteiger partial charge in [0, 0.05) is 18.6 Å². The molecular weight excluding hydrogens is 252 g/mol. The first-order valence-corrected chi connectivity index (χ1v) is 6.08. The lowest BCUT2D eigenvalue weighted by Crippen LogP contribution is -2.21. The van der Waals surface area contributed by atoms with Gasteiger partial charge in [-0.25, -0.2) is 9.78 Å². The van der Waals surface area contributed by atoms with Crippen LogP contribution in [-0.2, 0) is 0 Å². The van der Waals surface area contributed by atoms with E-state index in [1.165, 1.54) is 10.9 Å². The quantitative estimate of drug-likeness (QED) is 0.539. The maximum Gasteiger partial charge on any atom is 0.328 e. The predicted molar refractivity (Wildman–Crippen MR) is 65.8 cm³/mol. The molecule has 3 atom stereocenters. The van der Waals surface area contributed by atoms with Crippen LogP contribution in [-0.4, -0.2) is 42.4 Å². The highest BCUT2D eigenvalue weighted by Crippen LogP contribution is 2.34. The van der Waals surface area contributed by atoms with Gasteiger partial charge in [0.1, 0.15) is 0 Å². The van der Waals surface area contributed by atoms with E-state index in [1.807, 2.05) is 0 Å². The largest absolute Gasteiger partial charge is 0.396 e. The summed E-state index contributed by atoms with van der Waals surface area (Å²) in [6.45, 7) is -0.122. The summed E-state index contributed by atoms with van der Waals surface area (Å²) in [4.78, 5) is 32.4. The van der Waals surface area contributed by atoms with Crippen molar-refractivity contribution in [3.63, 3.8) is 0 Å². The van der Waals surface area contributed by atoms with E-state index in [4.69, 9.17) is 5.11 Å². The normalized spacial score (nSPS) is 27.2. The Balaban J connectivity index is 2.12. The Morgan fingerprint density at radius 3 is 2.89 bits per heavy atom. The third kappa shape index (κ3) is 1.80. The second kappa shape index (κ2) is 4.32. The van der Waals surface area contributed by atoms with Crippen LogP contribution in [0.5, 0.6) is 0 Å². The number of aliphatic hydroxyl groups excluding tert-OH is 2. The number of aromatic amines is 2. The highest BCUT2D eigenvalue weighted by atomic mass is 16.3. The molecule has 0 aliphatic heterocycles. The molecule has 0 aromatic carbocycles. The molecule has 8 heteroatoms. The first kappa shape index (κ1) is 12.1. The fourth-order valence-corrected chi connectivity index (χ4v) is 2.77. The summed E-state index contributed by atoms with van der Waals surface area (Å²) in [6.07, 6.45) is 1.45. The first-order valence-electron chi connectivity index (χ1n) is 6.08. The summed E-state index contributed by atoms with van der Waals surface area (Å²) in [7, 11) is 0. The molecular formula is C11H14N4O4. The molecule has 4 N–H and O–H groups in total. The predicted octanol–water partition coefficient (Wildman–Crippen LogP) is -1.28. The van der Waals surface area contributed by atoms with Crippen LogP contribution < -0.4 is 11.2 Å². The Kier molecular flexibility index (Phi) is 2.76. The number of aliphatic hydroxyl groups is 2. The number of aromatic nitrogens is 4. The molecule has 102 valence electrons. The number of nitrogens with one attached hydrogen (secondary N) is 2. The van der Waals surface area contributed by atoms with Crippen LogP contribution in [0.3, 0.4) is 0 Å². The molecule has 1 aliphatic rings. The Bertz CT molecular complexity index is 715. The summed E-state index contributed by atoms with van der Waals surface area (Å²) < 4.78 is 1.39. The van der Waals surface area contributed by atoms with Crippen LogP contribution in [0.1, 0.15) is 18.9 Å². The summed E-state index contributed by atoms with van der Waals surface area (Å²) in [5.41, 5.74) is -0.410. The van der Waals surface area contributed by atoms with Crippen molar-refractivity contribution in [1.82, 2.24) is 19.5 Å². The van der Waals surface area contributed by atoms with E-state index < -0.39 is 17.4 Å². The zero-order chi connectivity index (χ0) is 13.6. The number of hydrogen-bond acceptors (Lipinski definition) is 5. The Morgan fingerprint density at radius 1 is 1.42 bits per heavy atom. The van der Waals surface area contributed by atoms with Crippen LogP contribution in [0.2, 0.25) is 0 Å². The molecule has 1 saturated carbocycles. The van der Waals surface area contributed by atoms with Crippen LogP contribution >= 0.6 is 0 Å². The van der Waals surface area contributed by atoms with Gasteiger partial charge in [-0.3, -0.25) is 14.3 Å². The van der Waals surface area contributed by atoms with E-state index >= 15 is 0 Å². The zero-order valence-electron chi connectivity index (χ0n) is 10.0. The molecule has 0 amide bonds. The van der Waals surface area contributed by atoms with Gasteiger partial charge in [0.2, 0.25) is 0 Å². The van der Waals surface area contributed by atoms with E-state index in [2.05, 4.69) is 15.0 Å². The van der Waals surface area contributed by atoms with E-state index in [1.54, 1.807) is 0 Å². The topological polar surface area (TPSA) is 124 Å². The number of rotatable bonds is 2. The van der Waals surface area contributed by atoms with Gasteiger partial charge in [-0.15, -0.1) is 0 Å². The van der Waals surface area contributed by atoms with Gasteiger partial charge in [0.15, 0.2) is 11.2 Å². The Morgan fingerprint density at radius 2 is 2.21 bits per heavy atom. The molecule has 2 aromatic heterocycles. The van der Waals surface area contributed by atoms with Crippen LogP contribution in [0.4, 0.5) is 0 Å². The lowest BCUT2D eigenvalue weighted by Gasteiger charge is -2.10. The molecule has 0 spiro atoms. The third-order valence-electron chi connectivity index (χ3n) is 3.74. The Labute approximate surface area is 106 Å². The number of fused-ring (bicyclic) bond motifs is 1. The second-order valence-electron chi connectivity index (χ2n) is 4.87. The van der Waals surface area contributed by atoms with Crippen molar-refractivity contribution in [1.29, 1.82) is 0 Å². The van der Waals surface area contributed by atoms with Gasteiger partial charge in [0.25, 0.3) is 5.56 Å². The molecule has 2 heterocycles. The van der Waals surface area contributed by atoms with E-state index in [-0.39, 0.29) is 29.7 Å². The molecule has 1 fully saturated rings. The maximum atomic E-state index is 12.0. The van der Waals surface area contributed by atoms with Crippen molar-refractivity contribution < 1.29 is 10.2 Å². The molecule has 8 nitrogen and oxygen atoms in total. The second-order valence-corrected chi connectivity index (χ2v) is 4.87. The minimum Gasteiger partial charge on any atom is -0.396 e. The lowest BCUT2D eigenvalue weighted by atomic mass is 10.1. The van der Waals surface area contributed by atoms with Gasteiger partial charge in [-0.05, 0) is 12.8 Å². The minimum absolute atomic E-state index is 0.122. The van der Waals surface area contributed by atoms with Crippen LogP contribution in [0, 0.1) is 5.92 Å². The zero-order valence-corrected chi connectivity index (χ0v) is 10.0. The fourth-order valence-electron chi connectivity index (χ4n) is 2.77. The molecule has 0 bridgehead atoms. The van der Waals surface area contributed by atoms with Crippen LogP contribution in [0.25, 0.3) is 11.2 Å². The third-order valence-corrected chi connectivity index (χ3v) is 3.74. The van der Waals surface area contributed by atoms with E-state index in [0.717, 1.165) is 0 Å². The van der Waals surface area contributed by atoms with Gasteiger partial charge in [0.05, 0.1) is 12.4 Å². The van der Waals surface area contributed by atoms with Gasteiger partial charge in [-0.2, -0.15) is 0 Å². The first-order chi connectivity index (χ1) is 9.11. The van der Waals surface area contributed by atoms with Crippen molar-refractivity contribution in [3.8, 4) is 0 Å². The summed E-state index contributed by atoms with van der Waals surface area (Å²) >= 11 is 0. The van der Waals surface area contributed by atoms with E-state index in [0.29, 0.717) is 12.8 Å². The number of hydrogen-bond donors (Lipinski definition) is 4. The van der Waals surface area contributed by atoms with Crippen LogP contribution in [0.15, 0.2) is 15.9 Å². The summed E-state index contributed by atoms with van der Waals surface area (Å²) in [5.74, 6) is -0.246. The highest BCUT2D eigenvalue weighted by molar-refractivity contribution is 5.68. The monoisotopic (exact) mass is 266 g/mol.